The molecule has 0 aliphatic rings. The molecule has 0 fully saturated rings. The molecule has 8 heteroatoms. The van der Waals surface area contributed by atoms with Gasteiger partial charge in [0.05, 0.1) is 5.69 Å². The molecule has 0 aliphatic carbocycles. The highest BCUT2D eigenvalue weighted by Crippen LogP contribution is 2.31. The highest BCUT2D eigenvalue weighted by Gasteiger charge is 2.16. The summed E-state index contributed by atoms with van der Waals surface area (Å²) < 4.78 is 23.3. The van der Waals surface area contributed by atoms with Gasteiger partial charge in [-0.05, 0) is 52.7 Å². The first-order chi connectivity index (χ1) is 14.5. The molecule has 0 spiro atoms. The van der Waals surface area contributed by atoms with Crippen LogP contribution in [0.4, 0.5) is 4.39 Å². The van der Waals surface area contributed by atoms with E-state index in [4.69, 9.17) is 16.3 Å². The van der Waals surface area contributed by atoms with Crippen LogP contribution in [0.1, 0.15) is 11.1 Å². The highest BCUT2D eigenvalue weighted by atomic mass is 35.5. The Morgan fingerprint density at radius 1 is 1.03 bits per heavy atom. The zero-order valence-electron chi connectivity index (χ0n) is 16.3. The van der Waals surface area contributed by atoms with Gasteiger partial charge in [0.25, 0.3) is 0 Å². The first-order valence-corrected chi connectivity index (χ1v) is 9.58. The van der Waals surface area contributed by atoms with Crippen molar-refractivity contribution in [3.05, 3.63) is 93.1 Å². The maximum Gasteiger partial charge on any atom is 0.368 e. The molecule has 0 radical (unpaired) electrons. The second-order valence-electron chi connectivity index (χ2n) is 6.78. The minimum absolute atomic E-state index is 0.0615. The van der Waals surface area contributed by atoms with E-state index in [0.29, 0.717) is 21.8 Å². The van der Waals surface area contributed by atoms with Crippen LogP contribution in [0, 0.1) is 12.7 Å². The summed E-state index contributed by atoms with van der Waals surface area (Å²) in [6, 6.07) is 17.4. The Bertz CT molecular complexity index is 1270. The number of hydrogen-bond donors (Lipinski definition) is 0. The van der Waals surface area contributed by atoms with Gasteiger partial charge in [0.2, 0.25) is 0 Å². The SMILES string of the molecule is Cc1cccc(-n2nnn(C)c2=O)c1COc1cccc(-c2ccc(Cl)cc2)c1F. The van der Waals surface area contributed by atoms with Crippen molar-refractivity contribution in [3.63, 3.8) is 0 Å². The summed E-state index contributed by atoms with van der Waals surface area (Å²) in [5, 5.41) is 8.23. The van der Waals surface area contributed by atoms with Crippen molar-refractivity contribution in [3.8, 4) is 22.6 Å². The second kappa shape index (κ2) is 8.12. The zero-order chi connectivity index (χ0) is 21.3. The number of aromatic nitrogens is 4. The molecule has 6 nitrogen and oxygen atoms in total. The summed E-state index contributed by atoms with van der Waals surface area (Å²) in [5.41, 5.74) is 2.89. The highest BCUT2D eigenvalue weighted by molar-refractivity contribution is 6.30. The largest absolute Gasteiger partial charge is 0.486 e. The lowest BCUT2D eigenvalue weighted by Crippen LogP contribution is -2.23. The van der Waals surface area contributed by atoms with Gasteiger partial charge in [-0.2, -0.15) is 9.36 Å². The van der Waals surface area contributed by atoms with Crippen molar-refractivity contribution in [1.82, 2.24) is 19.8 Å². The van der Waals surface area contributed by atoms with E-state index in [1.54, 1.807) is 48.5 Å². The summed E-state index contributed by atoms with van der Waals surface area (Å²) in [6.45, 7) is 1.95. The van der Waals surface area contributed by atoms with Crippen LogP contribution in [-0.2, 0) is 13.7 Å². The molecule has 0 aliphatic heterocycles. The van der Waals surface area contributed by atoms with Gasteiger partial charge >= 0.3 is 5.69 Å². The Morgan fingerprint density at radius 3 is 2.47 bits per heavy atom. The number of aryl methyl sites for hydroxylation is 2. The molecule has 0 unspecified atom stereocenters. The Hall–Kier alpha value is -3.45. The fourth-order valence-electron chi connectivity index (χ4n) is 3.16. The fraction of sp³-hybridized carbons (Fsp3) is 0.136. The molecule has 4 aromatic rings. The molecule has 0 saturated heterocycles. The average molecular weight is 425 g/mol. The van der Waals surface area contributed by atoms with Crippen molar-refractivity contribution in [2.24, 2.45) is 7.05 Å². The van der Waals surface area contributed by atoms with Crippen LogP contribution in [-0.4, -0.2) is 19.8 Å². The molecule has 0 atom stereocenters. The van der Waals surface area contributed by atoms with Crippen molar-refractivity contribution in [2.75, 3.05) is 0 Å². The predicted molar refractivity (Wildman–Crippen MR) is 113 cm³/mol. The third-order valence-electron chi connectivity index (χ3n) is 4.83. The van der Waals surface area contributed by atoms with Gasteiger partial charge < -0.3 is 4.74 Å². The van der Waals surface area contributed by atoms with E-state index < -0.39 is 5.82 Å². The summed E-state index contributed by atoms with van der Waals surface area (Å²) in [6.07, 6.45) is 0. The number of hydrogen-bond acceptors (Lipinski definition) is 4. The van der Waals surface area contributed by atoms with Crippen molar-refractivity contribution < 1.29 is 9.13 Å². The van der Waals surface area contributed by atoms with E-state index in [1.165, 1.54) is 11.7 Å². The molecule has 0 amide bonds. The van der Waals surface area contributed by atoms with Gasteiger partial charge in [0.1, 0.15) is 6.61 Å². The molecule has 3 aromatic carbocycles. The third-order valence-corrected chi connectivity index (χ3v) is 5.08. The normalized spacial score (nSPS) is 10.9. The maximum atomic E-state index is 15.1. The summed E-state index contributed by atoms with van der Waals surface area (Å²) in [4.78, 5) is 12.3. The van der Waals surface area contributed by atoms with Crippen LogP contribution in [0.2, 0.25) is 5.02 Å². The van der Waals surface area contributed by atoms with E-state index in [2.05, 4.69) is 10.4 Å². The summed E-state index contributed by atoms with van der Waals surface area (Å²) >= 11 is 5.93. The molecule has 0 saturated carbocycles. The van der Waals surface area contributed by atoms with Crippen LogP contribution in [0.5, 0.6) is 5.75 Å². The van der Waals surface area contributed by atoms with Crippen molar-refractivity contribution in [2.45, 2.75) is 13.5 Å². The first kappa shape index (κ1) is 19.8. The smallest absolute Gasteiger partial charge is 0.368 e. The molecule has 4 rings (SSSR count). The summed E-state index contributed by atoms with van der Waals surface area (Å²) in [5.74, 6) is -0.352. The number of ether oxygens (including phenoxy) is 1. The lowest BCUT2D eigenvalue weighted by molar-refractivity contribution is 0.289. The molecule has 152 valence electrons. The fourth-order valence-corrected chi connectivity index (χ4v) is 3.29. The maximum absolute atomic E-state index is 15.1. The minimum atomic E-state index is -0.466. The minimum Gasteiger partial charge on any atom is -0.486 e. The van der Waals surface area contributed by atoms with Gasteiger partial charge in [0.15, 0.2) is 11.6 Å². The third kappa shape index (κ3) is 3.71. The number of benzene rings is 3. The van der Waals surface area contributed by atoms with E-state index >= 15 is 4.39 Å². The first-order valence-electron chi connectivity index (χ1n) is 9.21. The van der Waals surface area contributed by atoms with Crippen LogP contribution in [0.25, 0.3) is 16.8 Å². The molecule has 0 bridgehead atoms. The Kier molecular flexibility index (Phi) is 5.37. The van der Waals surface area contributed by atoms with E-state index in [0.717, 1.165) is 15.8 Å². The van der Waals surface area contributed by atoms with E-state index in [-0.39, 0.29) is 18.0 Å². The van der Waals surface area contributed by atoms with Gasteiger partial charge in [-0.1, -0.05) is 48.0 Å². The molecular formula is C22H18ClFN4O2. The summed E-state index contributed by atoms with van der Waals surface area (Å²) in [7, 11) is 1.52. The lowest BCUT2D eigenvalue weighted by atomic mass is 10.0. The standard InChI is InChI=1S/C22H18ClFN4O2/c1-14-5-3-7-19(28-22(29)27(2)25-26-28)18(14)13-30-20-8-4-6-17(21(20)24)15-9-11-16(23)12-10-15/h3-12H,13H2,1-2H3. The second-order valence-corrected chi connectivity index (χ2v) is 7.22. The van der Waals surface area contributed by atoms with Crippen LogP contribution >= 0.6 is 11.6 Å². The topological polar surface area (TPSA) is 61.9 Å². The molecule has 1 heterocycles. The molecular weight excluding hydrogens is 407 g/mol. The quantitative estimate of drug-likeness (QED) is 0.479. The number of nitrogens with zero attached hydrogens (tertiary/aromatic N) is 4. The monoisotopic (exact) mass is 424 g/mol. The zero-order valence-corrected chi connectivity index (χ0v) is 17.1. The molecule has 30 heavy (non-hydrogen) atoms. The predicted octanol–water partition coefficient (Wildman–Crippen LogP) is 4.31. The van der Waals surface area contributed by atoms with Crippen molar-refractivity contribution in [1.29, 1.82) is 0 Å². The van der Waals surface area contributed by atoms with Crippen LogP contribution < -0.4 is 10.4 Å². The number of tetrazole rings is 1. The Balaban J connectivity index is 1.67. The number of rotatable bonds is 5. The molecule has 1 aromatic heterocycles. The lowest BCUT2D eigenvalue weighted by Gasteiger charge is -2.14. The van der Waals surface area contributed by atoms with E-state index in [9.17, 15) is 4.79 Å². The van der Waals surface area contributed by atoms with Gasteiger partial charge in [-0.15, -0.1) is 0 Å². The van der Waals surface area contributed by atoms with Gasteiger partial charge in [-0.3, -0.25) is 0 Å². The van der Waals surface area contributed by atoms with Gasteiger partial charge in [-0.25, -0.2) is 9.18 Å². The number of halogens is 2. The van der Waals surface area contributed by atoms with E-state index in [1.807, 2.05) is 19.1 Å². The average Bonchev–Trinajstić information content (AvgIpc) is 3.07. The van der Waals surface area contributed by atoms with Crippen molar-refractivity contribution >= 4 is 11.6 Å². The Morgan fingerprint density at radius 2 is 1.77 bits per heavy atom. The van der Waals surface area contributed by atoms with Crippen LogP contribution in [0.15, 0.2) is 65.5 Å². The molecule has 0 N–H and O–H groups in total. The van der Waals surface area contributed by atoms with Gasteiger partial charge in [0, 0.05) is 23.2 Å². The Labute approximate surface area is 177 Å². The van der Waals surface area contributed by atoms with Crippen LogP contribution in [0.3, 0.4) is 0 Å².